The lowest BCUT2D eigenvalue weighted by atomic mass is 9.92. The fraction of sp³-hybridized carbons (Fsp3) is 0.500. The molecule has 0 heterocycles. The molecule has 0 radical (unpaired) electrons. The maximum atomic E-state index is 10.1. The minimum Gasteiger partial charge on any atom is -0.388 e. The SMILES string of the molecule is CC(C)C(C)(O)CNc1ccc(Cl)c(Br)c1. The summed E-state index contributed by atoms with van der Waals surface area (Å²) >= 11 is 9.26. The highest BCUT2D eigenvalue weighted by molar-refractivity contribution is 9.10. The van der Waals surface area contributed by atoms with E-state index in [1.807, 2.05) is 39.0 Å². The summed E-state index contributed by atoms with van der Waals surface area (Å²) in [6.45, 7) is 6.34. The van der Waals surface area contributed by atoms with E-state index in [2.05, 4.69) is 21.2 Å². The number of hydrogen-bond donors (Lipinski definition) is 2. The summed E-state index contributed by atoms with van der Waals surface area (Å²) in [4.78, 5) is 0. The molecule has 1 rings (SSSR count). The summed E-state index contributed by atoms with van der Waals surface area (Å²) < 4.78 is 0.850. The second-order valence-corrected chi connectivity index (χ2v) is 5.76. The summed E-state index contributed by atoms with van der Waals surface area (Å²) in [6.07, 6.45) is 0. The molecule has 2 N–H and O–H groups in total. The monoisotopic (exact) mass is 305 g/mol. The van der Waals surface area contributed by atoms with Gasteiger partial charge in [0, 0.05) is 16.7 Å². The van der Waals surface area contributed by atoms with Crippen LogP contribution in [0.1, 0.15) is 20.8 Å². The van der Waals surface area contributed by atoms with E-state index in [0.29, 0.717) is 11.6 Å². The molecular formula is C12H17BrClNO. The van der Waals surface area contributed by atoms with Crippen molar-refractivity contribution in [3.8, 4) is 0 Å². The molecule has 16 heavy (non-hydrogen) atoms. The third kappa shape index (κ3) is 3.65. The molecule has 0 bridgehead atoms. The Labute approximate surface area is 110 Å². The lowest BCUT2D eigenvalue weighted by Gasteiger charge is -2.28. The highest BCUT2D eigenvalue weighted by Gasteiger charge is 2.24. The van der Waals surface area contributed by atoms with Crippen molar-refractivity contribution < 1.29 is 5.11 Å². The number of halogens is 2. The maximum Gasteiger partial charge on any atom is 0.0813 e. The standard InChI is InChI=1S/C12H17BrClNO/c1-8(2)12(3,16)7-15-9-4-5-11(14)10(13)6-9/h4-6,8,15-16H,7H2,1-3H3. The molecule has 0 aliphatic heterocycles. The van der Waals surface area contributed by atoms with Gasteiger partial charge < -0.3 is 10.4 Å². The number of aliphatic hydroxyl groups is 1. The minimum atomic E-state index is -0.716. The molecule has 4 heteroatoms. The quantitative estimate of drug-likeness (QED) is 0.883. The van der Waals surface area contributed by atoms with Crippen LogP contribution >= 0.6 is 27.5 Å². The predicted octanol–water partition coefficient (Wildman–Crippen LogP) is 3.92. The van der Waals surface area contributed by atoms with E-state index in [1.54, 1.807) is 0 Å². The van der Waals surface area contributed by atoms with E-state index in [4.69, 9.17) is 11.6 Å². The molecule has 0 amide bonds. The van der Waals surface area contributed by atoms with E-state index in [0.717, 1.165) is 10.2 Å². The van der Waals surface area contributed by atoms with Crippen LogP contribution in [0.2, 0.25) is 5.02 Å². The van der Waals surface area contributed by atoms with E-state index < -0.39 is 5.60 Å². The first-order valence-electron chi connectivity index (χ1n) is 5.24. The molecule has 1 aromatic carbocycles. The topological polar surface area (TPSA) is 32.3 Å². The molecular weight excluding hydrogens is 289 g/mol. The molecule has 0 saturated carbocycles. The molecule has 0 aliphatic rings. The van der Waals surface area contributed by atoms with Crippen molar-refractivity contribution >= 4 is 33.2 Å². The van der Waals surface area contributed by atoms with Crippen molar-refractivity contribution in [2.24, 2.45) is 5.92 Å². The summed E-state index contributed by atoms with van der Waals surface area (Å²) in [5.41, 5.74) is 0.226. The number of rotatable bonds is 4. The van der Waals surface area contributed by atoms with Crippen molar-refractivity contribution in [2.75, 3.05) is 11.9 Å². The minimum absolute atomic E-state index is 0.204. The summed E-state index contributed by atoms with van der Waals surface area (Å²) in [5.74, 6) is 0.204. The first-order chi connectivity index (χ1) is 7.33. The molecule has 0 spiro atoms. The lowest BCUT2D eigenvalue weighted by molar-refractivity contribution is 0.0266. The van der Waals surface area contributed by atoms with E-state index in [1.165, 1.54) is 0 Å². The fourth-order valence-electron chi connectivity index (χ4n) is 1.09. The second kappa shape index (κ2) is 5.39. The van der Waals surface area contributed by atoms with Gasteiger partial charge in [-0.2, -0.15) is 0 Å². The van der Waals surface area contributed by atoms with Crippen molar-refractivity contribution in [3.05, 3.63) is 27.7 Å². The average molecular weight is 307 g/mol. The Morgan fingerprint density at radius 3 is 2.62 bits per heavy atom. The number of hydrogen-bond acceptors (Lipinski definition) is 2. The zero-order chi connectivity index (χ0) is 12.3. The third-order valence-electron chi connectivity index (χ3n) is 2.81. The average Bonchev–Trinajstić information content (AvgIpc) is 2.20. The normalized spacial score (nSPS) is 14.9. The molecule has 0 fully saturated rings. The predicted molar refractivity (Wildman–Crippen MR) is 73.1 cm³/mol. The van der Waals surface area contributed by atoms with Crippen molar-refractivity contribution in [1.82, 2.24) is 0 Å². The van der Waals surface area contributed by atoms with Gasteiger partial charge in [-0.1, -0.05) is 25.4 Å². The van der Waals surface area contributed by atoms with Gasteiger partial charge in [0.05, 0.1) is 10.6 Å². The fourth-order valence-corrected chi connectivity index (χ4v) is 1.59. The maximum absolute atomic E-state index is 10.1. The molecule has 1 unspecified atom stereocenters. The van der Waals surface area contributed by atoms with Gasteiger partial charge in [0.25, 0.3) is 0 Å². The Morgan fingerprint density at radius 1 is 1.50 bits per heavy atom. The molecule has 1 atom stereocenters. The first-order valence-corrected chi connectivity index (χ1v) is 6.41. The highest BCUT2D eigenvalue weighted by Crippen LogP contribution is 2.26. The zero-order valence-corrected chi connectivity index (χ0v) is 12.1. The second-order valence-electron chi connectivity index (χ2n) is 4.49. The molecule has 90 valence electrons. The van der Waals surface area contributed by atoms with Crippen molar-refractivity contribution in [1.29, 1.82) is 0 Å². The summed E-state index contributed by atoms with van der Waals surface area (Å²) in [7, 11) is 0. The van der Waals surface area contributed by atoms with Crippen LogP contribution < -0.4 is 5.32 Å². The van der Waals surface area contributed by atoms with E-state index >= 15 is 0 Å². The van der Waals surface area contributed by atoms with Crippen LogP contribution in [0.15, 0.2) is 22.7 Å². The first kappa shape index (κ1) is 13.8. The Kier molecular flexibility index (Phi) is 4.65. The van der Waals surface area contributed by atoms with Crippen LogP contribution in [0.25, 0.3) is 0 Å². The summed E-state index contributed by atoms with van der Waals surface area (Å²) in [6, 6.07) is 5.61. The van der Waals surface area contributed by atoms with Gasteiger partial charge in [0.1, 0.15) is 0 Å². The van der Waals surface area contributed by atoms with Crippen LogP contribution in [0.4, 0.5) is 5.69 Å². The van der Waals surface area contributed by atoms with Gasteiger partial charge in [-0.3, -0.25) is 0 Å². The van der Waals surface area contributed by atoms with E-state index in [9.17, 15) is 5.11 Å². The number of benzene rings is 1. The Balaban J connectivity index is 2.65. The van der Waals surface area contributed by atoms with Crippen LogP contribution in [-0.4, -0.2) is 17.3 Å². The van der Waals surface area contributed by atoms with Crippen LogP contribution in [0.5, 0.6) is 0 Å². The van der Waals surface area contributed by atoms with Crippen LogP contribution in [0.3, 0.4) is 0 Å². The van der Waals surface area contributed by atoms with Gasteiger partial charge in [-0.25, -0.2) is 0 Å². The largest absolute Gasteiger partial charge is 0.388 e. The molecule has 0 aromatic heterocycles. The smallest absolute Gasteiger partial charge is 0.0813 e. The third-order valence-corrected chi connectivity index (χ3v) is 4.03. The lowest BCUT2D eigenvalue weighted by Crippen LogP contribution is -2.38. The summed E-state index contributed by atoms with van der Waals surface area (Å²) in [5, 5.41) is 14.0. The van der Waals surface area contributed by atoms with Gasteiger partial charge in [0.15, 0.2) is 0 Å². The molecule has 0 saturated heterocycles. The van der Waals surface area contributed by atoms with Gasteiger partial charge in [0.2, 0.25) is 0 Å². The highest BCUT2D eigenvalue weighted by atomic mass is 79.9. The Bertz CT molecular complexity index is 366. The Hall–Kier alpha value is -0.250. The zero-order valence-electron chi connectivity index (χ0n) is 9.72. The van der Waals surface area contributed by atoms with Gasteiger partial charge >= 0.3 is 0 Å². The van der Waals surface area contributed by atoms with Gasteiger partial charge in [-0.15, -0.1) is 0 Å². The van der Waals surface area contributed by atoms with Crippen molar-refractivity contribution in [3.63, 3.8) is 0 Å². The molecule has 0 aliphatic carbocycles. The number of anilines is 1. The molecule has 2 nitrogen and oxygen atoms in total. The molecule has 1 aromatic rings. The van der Waals surface area contributed by atoms with E-state index in [-0.39, 0.29) is 5.92 Å². The van der Waals surface area contributed by atoms with Crippen LogP contribution in [-0.2, 0) is 0 Å². The van der Waals surface area contributed by atoms with Crippen molar-refractivity contribution in [2.45, 2.75) is 26.4 Å². The van der Waals surface area contributed by atoms with Crippen LogP contribution in [0, 0.1) is 5.92 Å². The number of nitrogens with one attached hydrogen (secondary N) is 1. The van der Waals surface area contributed by atoms with Gasteiger partial charge in [-0.05, 0) is 47.0 Å². The Morgan fingerprint density at radius 2 is 2.12 bits per heavy atom.